The summed E-state index contributed by atoms with van der Waals surface area (Å²) >= 11 is 8.03. The zero-order chi connectivity index (χ0) is 22.7. The molecule has 5 nitrogen and oxygen atoms in total. The van der Waals surface area contributed by atoms with E-state index in [-0.39, 0.29) is 11.8 Å². The van der Waals surface area contributed by atoms with Crippen LogP contribution >= 0.6 is 22.9 Å². The van der Waals surface area contributed by atoms with Crippen molar-refractivity contribution in [1.29, 1.82) is 0 Å². The van der Waals surface area contributed by atoms with Gasteiger partial charge in [0.15, 0.2) is 0 Å². The molecule has 1 aromatic heterocycles. The molecule has 0 radical (unpaired) electrons. The first kappa shape index (κ1) is 22.4. The summed E-state index contributed by atoms with van der Waals surface area (Å²) in [6, 6.07) is 17.0. The topological polar surface area (TPSA) is 52.7 Å². The van der Waals surface area contributed by atoms with Crippen LogP contribution in [0.1, 0.15) is 45.4 Å². The molecule has 4 rings (SSSR count). The molecule has 0 saturated carbocycles. The van der Waals surface area contributed by atoms with Gasteiger partial charge in [-0.05, 0) is 53.3 Å². The fourth-order valence-electron chi connectivity index (χ4n) is 3.77. The molecule has 1 aliphatic rings. The maximum Gasteiger partial charge on any atom is 0.264 e. The molecule has 7 heteroatoms. The van der Waals surface area contributed by atoms with Gasteiger partial charge in [-0.3, -0.25) is 9.59 Å². The van der Waals surface area contributed by atoms with Gasteiger partial charge in [0, 0.05) is 37.4 Å². The summed E-state index contributed by atoms with van der Waals surface area (Å²) in [4.78, 5) is 30.0. The average Bonchev–Trinajstić information content (AvgIpc) is 3.34. The molecule has 166 valence electrons. The van der Waals surface area contributed by atoms with Gasteiger partial charge in [0.2, 0.25) is 0 Å². The van der Waals surface area contributed by atoms with Gasteiger partial charge in [-0.2, -0.15) is 0 Å². The van der Waals surface area contributed by atoms with Crippen LogP contribution < -0.4 is 10.2 Å². The van der Waals surface area contributed by atoms with E-state index < -0.39 is 0 Å². The van der Waals surface area contributed by atoms with Gasteiger partial charge >= 0.3 is 0 Å². The van der Waals surface area contributed by atoms with Gasteiger partial charge in [-0.1, -0.05) is 43.6 Å². The lowest BCUT2D eigenvalue weighted by Crippen LogP contribution is -2.48. The van der Waals surface area contributed by atoms with Crippen molar-refractivity contribution in [2.45, 2.75) is 19.8 Å². The van der Waals surface area contributed by atoms with Gasteiger partial charge in [0.1, 0.15) is 0 Å². The largest absolute Gasteiger partial charge is 0.367 e. The molecular weight excluding hydrogens is 442 g/mol. The number of nitrogens with one attached hydrogen (secondary N) is 1. The Morgan fingerprint density at radius 1 is 1.00 bits per heavy atom. The monoisotopic (exact) mass is 467 g/mol. The minimum Gasteiger partial charge on any atom is -0.367 e. The molecular formula is C25H26ClN3O2S. The van der Waals surface area contributed by atoms with E-state index in [9.17, 15) is 9.59 Å². The van der Waals surface area contributed by atoms with E-state index in [2.05, 4.69) is 24.1 Å². The van der Waals surface area contributed by atoms with Crippen LogP contribution in [0.4, 0.5) is 11.4 Å². The predicted octanol–water partition coefficient (Wildman–Crippen LogP) is 5.74. The summed E-state index contributed by atoms with van der Waals surface area (Å²) in [5.41, 5.74) is 3.38. The summed E-state index contributed by atoms with van der Waals surface area (Å²) in [5.74, 6) is 0.351. The first-order valence-corrected chi connectivity index (χ1v) is 12.0. The zero-order valence-corrected chi connectivity index (χ0v) is 19.7. The number of hydrogen-bond acceptors (Lipinski definition) is 4. The van der Waals surface area contributed by atoms with Crippen LogP contribution in [0.2, 0.25) is 5.02 Å². The molecule has 0 aliphatic carbocycles. The maximum atomic E-state index is 12.6. The first-order valence-electron chi connectivity index (χ1n) is 10.7. The summed E-state index contributed by atoms with van der Waals surface area (Å²) < 4.78 is 0. The number of halogens is 1. The number of amides is 2. The van der Waals surface area contributed by atoms with Crippen molar-refractivity contribution < 1.29 is 9.59 Å². The Morgan fingerprint density at radius 3 is 2.31 bits per heavy atom. The number of thiophene rings is 1. The second-order valence-electron chi connectivity index (χ2n) is 8.15. The normalized spacial score (nSPS) is 14.0. The van der Waals surface area contributed by atoms with E-state index in [0.29, 0.717) is 48.4 Å². The highest BCUT2D eigenvalue weighted by Crippen LogP contribution is 2.30. The first-order chi connectivity index (χ1) is 15.4. The van der Waals surface area contributed by atoms with E-state index in [0.717, 1.165) is 10.6 Å². The Bertz CT molecular complexity index is 1090. The second-order valence-corrected chi connectivity index (χ2v) is 9.51. The molecule has 2 aromatic carbocycles. The van der Waals surface area contributed by atoms with E-state index >= 15 is 0 Å². The highest BCUT2D eigenvalue weighted by atomic mass is 35.5. The lowest BCUT2D eigenvalue weighted by molar-refractivity contribution is 0.0751. The van der Waals surface area contributed by atoms with Crippen molar-refractivity contribution in [3.8, 4) is 0 Å². The van der Waals surface area contributed by atoms with Crippen LogP contribution in [0.25, 0.3) is 0 Å². The van der Waals surface area contributed by atoms with Gasteiger partial charge in [0.25, 0.3) is 11.8 Å². The van der Waals surface area contributed by atoms with Crippen molar-refractivity contribution in [1.82, 2.24) is 4.90 Å². The highest BCUT2D eigenvalue weighted by molar-refractivity contribution is 7.12. The van der Waals surface area contributed by atoms with Crippen molar-refractivity contribution in [3.63, 3.8) is 0 Å². The third-order valence-electron chi connectivity index (χ3n) is 5.68. The molecule has 2 heterocycles. The molecule has 0 bridgehead atoms. The number of piperazine rings is 1. The summed E-state index contributed by atoms with van der Waals surface area (Å²) in [5, 5.41) is 5.42. The van der Waals surface area contributed by atoms with E-state index in [1.165, 1.54) is 16.9 Å². The van der Waals surface area contributed by atoms with E-state index in [1.807, 2.05) is 58.8 Å². The van der Waals surface area contributed by atoms with Crippen LogP contribution in [0.15, 0.2) is 60.0 Å². The van der Waals surface area contributed by atoms with Crippen LogP contribution in [-0.4, -0.2) is 42.9 Å². The Hall–Kier alpha value is -2.83. The number of carbonyl (C=O) groups excluding carboxylic acids is 2. The average molecular weight is 468 g/mol. The Labute approximate surface area is 197 Å². The summed E-state index contributed by atoms with van der Waals surface area (Å²) in [6.07, 6.45) is 0. The second kappa shape index (κ2) is 9.76. The molecule has 1 fully saturated rings. The smallest absolute Gasteiger partial charge is 0.264 e. The minimum absolute atomic E-state index is 0.0882. The molecule has 0 atom stereocenters. The fourth-order valence-corrected chi connectivity index (χ4v) is 4.76. The quantitative estimate of drug-likeness (QED) is 0.520. The Morgan fingerprint density at radius 2 is 1.72 bits per heavy atom. The maximum absolute atomic E-state index is 12.6. The third-order valence-corrected chi connectivity index (χ3v) is 6.85. The number of rotatable bonds is 5. The van der Waals surface area contributed by atoms with Crippen LogP contribution in [-0.2, 0) is 0 Å². The van der Waals surface area contributed by atoms with Crippen LogP contribution in [0.3, 0.4) is 0 Å². The zero-order valence-electron chi connectivity index (χ0n) is 18.2. The lowest BCUT2D eigenvalue weighted by Gasteiger charge is -2.36. The van der Waals surface area contributed by atoms with Gasteiger partial charge in [-0.25, -0.2) is 0 Å². The highest BCUT2D eigenvalue weighted by Gasteiger charge is 2.24. The summed E-state index contributed by atoms with van der Waals surface area (Å²) in [7, 11) is 0. The summed E-state index contributed by atoms with van der Waals surface area (Å²) in [6.45, 7) is 6.98. The van der Waals surface area contributed by atoms with Gasteiger partial charge in [0.05, 0.1) is 15.6 Å². The molecule has 1 N–H and O–H groups in total. The molecule has 0 spiro atoms. The minimum atomic E-state index is -0.162. The van der Waals surface area contributed by atoms with Crippen LogP contribution in [0.5, 0.6) is 0 Å². The lowest BCUT2D eigenvalue weighted by atomic mass is 10.0. The van der Waals surface area contributed by atoms with Gasteiger partial charge < -0.3 is 15.1 Å². The predicted molar refractivity (Wildman–Crippen MR) is 132 cm³/mol. The van der Waals surface area contributed by atoms with E-state index in [4.69, 9.17) is 11.6 Å². The Kier molecular flexibility index (Phi) is 6.82. The molecule has 0 unspecified atom stereocenters. The third kappa shape index (κ3) is 4.97. The fraction of sp³-hybridized carbons (Fsp3) is 0.280. The molecule has 1 aliphatic heterocycles. The number of carbonyl (C=O) groups is 2. The number of anilines is 2. The number of benzene rings is 2. The molecule has 32 heavy (non-hydrogen) atoms. The standard InChI is InChI=1S/C25H26ClN3O2S/c1-17(2)18-5-7-19(8-6-18)24(30)27-20-9-10-22(21(26)16-20)28-11-13-29(14-12-28)25(31)23-4-3-15-32-23/h3-10,15-17H,11-14H2,1-2H3,(H,27,30). The molecule has 1 saturated heterocycles. The van der Waals surface area contributed by atoms with Gasteiger partial charge in [-0.15, -0.1) is 11.3 Å². The van der Waals surface area contributed by atoms with Crippen molar-refractivity contribution in [2.75, 3.05) is 36.4 Å². The number of nitrogens with zero attached hydrogens (tertiary/aromatic N) is 2. The van der Waals surface area contributed by atoms with Crippen molar-refractivity contribution >= 4 is 46.1 Å². The van der Waals surface area contributed by atoms with Crippen molar-refractivity contribution in [2.24, 2.45) is 0 Å². The van der Waals surface area contributed by atoms with Crippen molar-refractivity contribution in [3.05, 3.63) is 81.0 Å². The van der Waals surface area contributed by atoms with E-state index in [1.54, 1.807) is 6.07 Å². The molecule has 2 amide bonds. The number of hydrogen-bond donors (Lipinski definition) is 1. The molecule has 3 aromatic rings. The SMILES string of the molecule is CC(C)c1ccc(C(=O)Nc2ccc(N3CCN(C(=O)c4cccs4)CC3)c(Cl)c2)cc1. The Balaban J connectivity index is 1.37. The van der Waals surface area contributed by atoms with Crippen LogP contribution in [0, 0.1) is 0 Å².